The molecule has 0 spiro atoms. The smallest absolute Gasteiger partial charge is 0.194 e. The summed E-state index contributed by atoms with van der Waals surface area (Å²) in [6.45, 7) is 3.72. The number of benzene rings is 1. The van der Waals surface area contributed by atoms with E-state index < -0.39 is 53.7 Å². The number of hydrogen-bond donors (Lipinski definition) is 0. The average Bonchev–Trinajstić information content (AvgIpc) is 3.24. The second-order valence-corrected chi connectivity index (χ2v) is 7.95. The molecular weight excluding hydrogens is 433 g/mol. The van der Waals surface area contributed by atoms with Gasteiger partial charge in [0, 0.05) is 17.6 Å². The van der Waals surface area contributed by atoms with Crippen LogP contribution in [0.15, 0.2) is 23.4 Å². The Hall–Kier alpha value is -2.70. The number of fused-ring (bicyclic) bond motifs is 1. The average molecular weight is 454 g/mol. The molecule has 0 bridgehead atoms. The van der Waals surface area contributed by atoms with Gasteiger partial charge in [0.1, 0.15) is 30.0 Å². The van der Waals surface area contributed by atoms with Gasteiger partial charge in [-0.15, -0.1) is 5.10 Å². The molecule has 0 saturated carbocycles. The van der Waals surface area contributed by atoms with Crippen LogP contribution in [-0.4, -0.2) is 65.5 Å². The predicted octanol–water partition coefficient (Wildman–Crippen LogP) is 3.15. The molecule has 3 heterocycles. The Morgan fingerprint density at radius 2 is 2.03 bits per heavy atom. The summed E-state index contributed by atoms with van der Waals surface area (Å²) in [7, 11) is 1.47. The Morgan fingerprint density at radius 3 is 2.69 bits per heavy atom. The van der Waals surface area contributed by atoms with Crippen molar-refractivity contribution in [1.29, 1.82) is 0 Å². The number of nitrogens with zero attached hydrogens (tertiary/aromatic N) is 6. The van der Waals surface area contributed by atoms with Crippen LogP contribution in [0.25, 0.3) is 21.7 Å². The summed E-state index contributed by atoms with van der Waals surface area (Å²) >= 11 is 0. The lowest BCUT2D eigenvalue weighted by atomic mass is 9.91. The molecule has 4 rings (SSSR count). The summed E-state index contributed by atoms with van der Waals surface area (Å²) in [5, 5.41) is 11.7. The molecule has 0 aliphatic carbocycles. The van der Waals surface area contributed by atoms with Crippen LogP contribution in [0.3, 0.4) is 0 Å². The topological polar surface area (TPSA) is 116 Å². The highest BCUT2D eigenvalue weighted by atomic mass is 19.2. The minimum absolute atomic E-state index is 0.00589. The summed E-state index contributed by atoms with van der Waals surface area (Å²) in [4.78, 5) is 2.78. The highest BCUT2D eigenvalue weighted by Gasteiger charge is 2.52. The van der Waals surface area contributed by atoms with Gasteiger partial charge in [0.05, 0.1) is 25.5 Å². The molecule has 2 aliphatic heterocycles. The monoisotopic (exact) mass is 454 g/mol. The lowest BCUT2D eigenvalue weighted by Crippen LogP contribution is -2.63. The van der Waals surface area contributed by atoms with E-state index in [0.29, 0.717) is 0 Å². The lowest BCUT2D eigenvalue weighted by Gasteiger charge is -2.50. The quantitative estimate of drug-likeness (QED) is 0.297. The number of ether oxygens (including phenoxy) is 4. The molecule has 5 atom stereocenters. The van der Waals surface area contributed by atoms with E-state index in [1.807, 2.05) is 0 Å². The number of halogens is 3. The third-order valence-corrected chi connectivity index (χ3v) is 5.46. The van der Waals surface area contributed by atoms with Crippen molar-refractivity contribution in [3.63, 3.8) is 0 Å². The van der Waals surface area contributed by atoms with Gasteiger partial charge in [-0.3, -0.25) is 0 Å². The highest BCUT2D eigenvalue weighted by Crippen LogP contribution is 2.39. The van der Waals surface area contributed by atoms with Gasteiger partial charge in [-0.1, -0.05) is 10.3 Å². The van der Waals surface area contributed by atoms with Crippen LogP contribution < -0.4 is 0 Å². The minimum Gasteiger partial charge on any atom is -0.376 e. The molecule has 13 heteroatoms. The zero-order valence-electron chi connectivity index (χ0n) is 17.5. The molecule has 32 heavy (non-hydrogen) atoms. The Balaban J connectivity index is 1.73. The van der Waals surface area contributed by atoms with Gasteiger partial charge in [0.15, 0.2) is 23.2 Å². The third kappa shape index (κ3) is 4.17. The maximum absolute atomic E-state index is 13.7. The number of hydrogen-bond acceptors (Lipinski definition) is 7. The number of azide groups is 1. The molecule has 1 aromatic heterocycles. The second kappa shape index (κ2) is 8.68. The van der Waals surface area contributed by atoms with Gasteiger partial charge < -0.3 is 18.9 Å². The fraction of sp³-hybridized carbons (Fsp3) is 0.579. The van der Waals surface area contributed by atoms with Crippen LogP contribution in [-0.2, 0) is 18.9 Å². The van der Waals surface area contributed by atoms with Crippen molar-refractivity contribution in [2.75, 3.05) is 20.3 Å². The van der Waals surface area contributed by atoms with Crippen LogP contribution in [0.5, 0.6) is 0 Å². The summed E-state index contributed by atoms with van der Waals surface area (Å²) in [5.41, 5.74) is 8.87. The van der Waals surface area contributed by atoms with Gasteiger partial charge in [-0.25, -0.2) is 17.9 Å². The van der Waals surface area contributed by atoms with Crippen molar-refractivity contribution in [3.8, 4) is 11.3 Å². The van der Waals surface area contributed by atoms with Crippen LogP contribution in [0, 0.1) is 17.5 Å². The Labute approximate surface area is 180 Å². The van der Waals surface area contributed by atoms with Gasteiger partial charge >= 0.3 is 0 Å². The highest BCUT2D eigenvalue weighted by molar-refractivity contribution is 5.57. The van der Waals surface area contributed by atoms with E-state index in [2.05, 4.69) is 20.3 Å². The molecule has 2 saturated heterocycles. The molecule has 2 fully saturated rings. The van der Waals surface area contributed by atoms with Crippen molar-refractivity contribution >= 4 is 0 Å². The summed E-state index contributed by atoms with van der Waals surface area (Å²) in [6, 6.07) is 1.08. The van der Waals surface area contributed by atoms with E-state index >= 15 is 0 Å². The molecule has 0 radical (unpaired) electrons. The van der Waals surface area contributed by atoms with Crippen LogP contribution in [0.4, 0.5) is 13.2 Å². The molecule has 1 unspecified atom stereocenters. The van der Waals surface area contributed by atoms with E-state index in [1.54, 1.807) is 13.8 Å². The lowest BCUT2D eigenvalue weighted by molar-refractivity contribution is -0.348. The number of methoxy groups -OCH3 is 1. The zero-order chi connectivity index (χ0) is 23.0. The maximum atomic E-state index is 13.7. The molecular formula is C19H21F3N6O4. The molecule has 1 aromatic carbocycles. The third-order valence-electron chi connectivity index (χ3n) is 5.46. The fourth-order valence-electron chi connectivity index (χ4n) is 4.04. The van der Waals surface area contributed by atoms with Crippen LogP contribution in [0.1, 0.15) is 19.9 Å². The van der Waals surface area contributed by atoms with E-state index in [0.717, 1.165) is 12.1 Å². The maximum Gasteiger partial charge on any atom is 0.194 e. The van der Waals surface area contributed by atoms with E-state index in [1.165, 1.54) is 18.0 Å². The SMILES string of the molecule is CO[C@@H]1C(n2cc(-c3cc(F)c(F)c(F)c3)nn2)[C@H]2OC(C)(C)OC[C@H]2O[C@@H]1CN=[N+]=[N-]. The Bertz CT molecular complexity index is 1020. The predicted molar refractivity (Wildman–Crippen MR) is 103 cm³/mol. The first-order valence-corrected chi connectivity index (χ1v) is 9.81. The molecule has 10 nitrogen and oxygen atoms in total. The molecule has 0 N–H and O–H groups in total. The summed E-state index contributed by atoms with van der Waals surface area (Å²) in [5.74, 6) is -5.14. The van der Waals surface area contributed by atoms with Crippen molar-refractivity contribution in [2.45, 2.75) is 50.1 Å². The first-order chi connectivity index (χ1) is 15.2. The van der Waals surface area contributed by atoms with Crippen LogP contribution >= 0.6 is 0 Å². The van der Waals surface area contributed by atoms with Crippen LogP contribution in [0.2, 0.25) is 0 Å². The number of aromatic nitrogens is 3. The van der Waals surface area contributed by atoms with Gasteiger partial charge in [0.25, 0.3) is 0 Å². The molecule has 172 valence electrons. The van der Waals surface area contributed by atoms with E-state index in [4.69, 9.17) is 24.5 Å². The van der Waals surface area contributed by atoms with Crippen molar-refractivity contribution < 1.29 is 32.1 Å². The van der Waals surface area contributed by atoms with Crippen molar-refractivity contribution in [1.82, 2.24) is 15.0 Å². The largest absolute Gasteiger partial charge is 0.376 e. The van der Waals surface area contributed by atoms with Gasteiger partial charge in [-0.05, 0) is 31.5 Å². The Kier molecular flexibility index (Phi) is 6.10. The van der Waals surface area contributed by atoms with Crippen molar-refractivity contribution in [2.24, 2.45) is 5.11 Å². The standard InChI is InChI=1S/C19H21F3N6O4/c1-19(2)30-8-14-18(32-19)16(17(29-3)13(31-14)6-24-26-23)28-7-12(25-27-28)9-4-10(20)15(22)11(21)5-9/h4-5,7,13-14,16-18H,6,8H2,1-3H3/t13-,14-,16?,17+,18+/m1/s1. The normalized spacial score (nSPS) is 29.2. The van der Waals surface area contributed by atoms with Crippen molar-refractivity contribution in [3.05, 3.63) is 46.2 Å². The zero-order valence-corrected chi connectivity index (χ0v) is 17.5. The number of rotatable bonds is 5. The van der Waals surface area contributed by atoms with E-state index in [9.17, 15) is 13.2 Å². The van der Waals surface area contributed by atoms with E-state index in [-0.39, 0.29) is 24.4 Å². The molecule has 2 aromatic rings. The minimum atomic E-state index is -1.56. The van der Waals surface area contributed by atoms with Gasteiger partial charge in [0.2, 0.25) is 0 Å². The molecule has 2 aliphatic rings. The first-order valence-electron chi connectivity index (χ1n) is 9.81. The first kappa shape index (κ1) is 22.5. The summed E-state index contributed by atoms with van der Waals surface area (Å²) in [6.07, 6.45) is -0.938. The molecule has 0 amide bonds. The fourth-order valence-corrected chi connectivity index (χ4v) is 4.04. The Morgan fingerprint density at radius 1 is 1.31 bits per heavy atom. The summed E-state index contributed by atoms with van der Waals surface area (Å²) < 4.78 is 65.7. The van der Waals surface area contributed by atoms with Gasteiger partial charge in [-0.2, -0.15) is 0 Å². The second-order valence-electron chi connectivity index (χ2n) is 7.95.